The zero-order chi connectivity index (χ0) is 17.1. The van der Waals surface area contributed by atoms with Gasteiger partial charge in [-0.2, -0.15) is 5.10 Å². The molecule has 126 valence electrons. The van der Waals surface area contributed by atoms with E-state index in [0.29, 0.717) is 5.56 Å². The molecule has 5 nitrogen and oxygen atoms in total. The van der Waals surface area contributed by atoms with Gasteiger partial charge in [-0.05, 0) is 37.8 Å². The third-order valence-electron chi connectivity index (χ3n) is 4.03. The summed E-state index contributed by atoms with van der Waals surface area (Å²) in [5.74, 6) is -0.0585. The van der Waals surface area contributed by atoms with Gasteiger partial charge in [0, 0.05) is 12.6 Å². The number of fused-ring (bicyclic) bond motifs is 1. The first-order valence-electron chi connectivity index (χ1n) is 8.35. The first-order chi connectivity index (χ1) is 11.6. The predicted octanol–water partition coefficient (Wildman–Crippen LogP) is 4.10. The zero-order valence-corrected chi connectivity index (χ0v) is 15.1. The van der Waals surface area contributed by atoms with Gasteiger partial charge in [-0.1, -0.05) is 19.4 Å². The van der Waals surface area contributed by atoms with Crippen LogP contribution in [0.2, 0.25) is 0 Å². The van der Waals surface area contributed by atoms with Crippen LogP contribution in [-0.2, 0) is 6.54 Å². The monoisotopic (exact) mass is 342 g/mol. The second-order valence-electron chi connectivity index (χ2n) is 5.89. The van der Waals surface area contributed by atoms with Gasteiger partial charge >= 0.3 is 0 Å². The van der Waals surface area contributed by atoms with Gasteiger partial charge in [0.1, 0.15) is 0 Å². The minimum Gasteiger partial charge on any atom is -0.350 e. The average molecular weight is 342 g/mol. The van der Waals surface area contributed by atoms with E-state index in [0.717, 1.165) is 41.0 Å². The topological polar surface area (TPSA) is 59.8 Å². The number of amides is 1. The van der Waals surface area contributed by atoms with Gasteiger partial charge in [0.2, 0.25) is 0 Å². The maximum absolute atomic E-state index is 12.8. The highest BCUT2D eigenvalue weighted by molar-refractivity contribution is 7.13. The fourth-order valence-electron chi connectivity index (χ4n) is 2.82. The van der Waals surface area contributed by atoms with Crippen LogP contribution >= 0.6 is 11.3 Å². The van der Waals surface area contributed by atoms with Crippen molar-refractivity contribution in [2.75, 3.05) is 0 Å². The van der Waals surface area contributed by atoms with E-state index in [1.807, 2.05) is 42.1 Å². The summed E-state index contributed by atoms with van der Waals surface area (Å²) >= 11 is 1.62. The number of rotatable bonds is 6. The molecule has 0 aliphatic carbocycles. The Bertz CT molecular complexity index is 838. The molecule has 0 fully saturated rings. The van der Waals surface area contributed by atoms with Crippen LogP contribution in [0.25, 0.3) is 21.6 Å². The number of pyridine rings is 1. The molecule has 0 aliphatic heterocycles. The van der Waals surface area contributed by atoms with Crippen LogP contribution in [0.4, 0.5) is 0 Å². The number of aryl methyl sites for hydroxylation is 1. The van der Waals surface area contributed by atoms with E-state index in [9.17, 15) is 4.79 Å². The molecule has 0 radical (unpaired) electrons. The third kappa shape index (κ3) is 3.19. The molecule has 0 aliphatic rings. The van der Waals surface area contributed by atoms with Crippen molar-refractivity contribution in [3.05, 3.63) is 35.3 Å². The Balaban J connectivity index is 2.08. The van der Waals surface area contributed by atoms with E-state index < -0.39 is 0 Å². The van der Waals surface area contributed by atoms with Crippen LogP contribution in [0.1, 0.15) is 44.0 Å². The van der Waals surface area contributed by atoms with E-state index in [1.165, 1.54) is 0 Å². The van der Waals surface area contributed by atoms with E-state index in [1.54, 1.807) is 17.5 Å². The average Bonchev–Trinajstić information content (AvgIpc) is 3.23. The summed E-state index contributed by atoms with van der Waals surface area (Å²) in [6, 6.07) is 6.04. The number of nitrogens with one attached hydrogen (secondary N) is 1. The Hall–Kier alpha value is -2.21. The number of carbonyl (C=O) groups is 1. The molecular weight excluding hydrogens is 320 g/mol. The number of hydrogen-bond acceptors (Lipinski definition) is 4. The molecule has 0 aromatic carbocycles. The Labute approximate surface area is 145 Å². The van der Waals surface area contributed by atoms with Crippen molar-refractivity contribution in [3.63, 3.8) is 0 Å². The van der Waals surface area contributed by atoms with Gasteiger partial charge in [0.25, 0.3) is 5.91 Å². The van der Waals surface area contributed by atoms with Crippen molar-refractivity contribution in [2.45, 2.75) is 46.2 Å². The van der Waals surface area contributed by atoms with Crippen molar-refractivity contribution >= 4 is 28.3 Å². The lowest BCUT2D eigenvalue weighted by Gasteiger charge is -2.14. The lowest BCUT2D eigenvalue weighted by Crippen LogP contribution is -2.32. The van der Waals surface area contributed by atoms with Crippen molar-refractivity contribution in [3.8, 4) is 10.6 Å². The van der Waals surface area contributed by atoms with Crippen LogP contribution in [0.15, 0.2) is 29.8 Å². The Morgan fingerprint density at radius 2 is 2.25 bits per heavy atom. The molecule has 1 amide bonds. The van der Waals surface area contributed by atoms with Crippen molar-refractivity contribution in [1.82, 2.24) is 20.1 Å². The molecule has 1 atom stereocenters. The molecule has 3 heterocycles. The summed E-state index contributed by atoms with van der Waals surface area (Å²) in [7, 11) is 0. The second-order valence-corrected chi connectivity index (χ2v) is 6.84. The Morgan fingerprint density at radius 1 is 1.42 bits per heavy atom. The maximum Gasteiger partial charge on any atom is 0.252 e. The van der Waals surface area contributed by atoms with Gasteiger partial charge in [-0.3, -0.25) is 4.79 Å². The largest absolute Gasteiger partial charge is 0.350 e. The highest BCUT2D eigenvalue weighted by atomic mass is 32.1. The second kappa shape index (κ2) is 7.13. The van der Waals surface area contributed by atoms with E-state index >= 15 is 0 Å². The first kappa shape index (κ1) is 16.6. The fraction of sp³-hybridized carbons (Fsp3) is 0.389. The van der Waals surface area contributed by atoms with E-state index in [4.69, 9.17) is 4.98 Å². The molecule has 0 saturated carbocycles. The van der Waals surface area contributed by atoms with E-state index in [2.05, 4.69) is 17.3 Å². The highest BCUT2D eigenvalue weighted by Gasteiger charge is 2.18. The van der Waals surface area contributed by atoms with Gasteiger partial charge in [-0.15, -0.1) is 11.3 Å². The molecule has 3 aromatic heterocycles. The molecule has 0 spiro atoms. The van der Waals surface area contributed by atoms with Crippen LogP contribution in [0.5, 0.6) is 0 Å². The maximum atomic E-state index is 12.8. The van der Waals surface area contributed by atoms with E-state index in [-0.39, 0.29) is 11.9 Å². The molecule has 3 rings (SSSR count). The zero-order valence-electron chi connectivity index (χ0n) is 14.2. The van der Waals surface area contributed by atoms with Crippen LogP contribution < -0.4 is 5.32 Å². The van der Waals surface area contributed by atoms with Gasteiger partial charge in [0.15, 0.2) is 5.65 Å². The highest BCUT2D eigenvalue weighted by Crippen LogP contribution is 2.28. The molecule has 3 aromatic rings. The van der Waals surface area contributed by atoms with Gasteiger partial charge < -0.3 is 5.32 Å². The minimum absolute atomic E-state index is 0.0585. The summed E-state index contributed by atoms with van der Waals surface area (Å²) in [6.45, 7) is 6.90. The summed E-state index contributed by atoms with van der Waals surface area (Å²) < 4.78 is 1.83. The molecule has 6 heteroatoms. The summed E-state index contributed by atoms with van der Waals surface area (Å²) in [4.78, 5) is 18.6. The molecular formula is C18H22N4OS. The molecule has 0 bridgehead atoms. The molecule has 1 N–H and O–H groups in total. The van der Waals surface area contributed by atoms with Crippen molar-refractivity contribution in [2.24, 2.45) is 0 Å². The standard InChI is InChI=1S/C18H22N4OS/c1-4-7-12(3)20-18(23)13-10-15(16-8-6-9-24-16)21-17-14(13)11-19-22(17)5-2/h6,8-12H,4-5,7H2,1-3H3,(H,20,23). The lowest BCUT2D eigenvalue weighted by atomic mass is 10.1. The van der Waals surface area contributed by atoms with Crippen LogP contribution in [0, 0.1) is 0 Å². The van der Waals surface area contributed by atoms with Crippen LogP contribution in [-0.4, -0.2) is 26.7 Å². The number of aromatic nitrogens is 3. The number of thiophene rings is 1. The van der Waals surface area contributed by atoms with Crippen molar-refractivity contribution in [1.29, 1.82) is 0 Å². The van der Waals surface area contributed by atoms with Gasteiger partial charge in [0.05, 0.1) is 27.7 Å². The molecule has 24 heavy (non-hydrogen) atoms. The Morgan fingerprint density at radius 3 is 2.92 bits per heavy atom. The Kier molecular flexibility index (Phi) is 4.94. The molecule has 1 unspecified atom stereocenters. The third-order valence-corrected chi connectivity index (χ3v) is 4.92. The summed E-state index contributed by atoms with van der Waals surface area (Å²) in [5, 5.41) is 10.3. The normalized spacial score (nSPS) is 12.5. The number of carbonyl (C=O) groups excluding carboxylic acids is 1. The summed E-state index contributed by atoms with van der Waals surface area (Å²) in [5.41, 5.74) is 2.23. The van der Waals surface area contributed by atoms with Gasteiger partial charge in [-0.25, -0.2) is 9.67 Å². The quantitative estimate of drug-likeness (QED) is 0.734. The lowest BCUT2D eigenvalue weighted by molar-refractivity contribution is 0.0940. The minimum atomic E-state index is -0.0585. The van der Waals surface area contributed by atoms with Crippen molar-refractivity contribution < 1.29 is 4.79 Å². The van der Waals surface area contributed by atoms with Crippen LogP contribution in [0.3, 0.4) is 0 Å². The smallest absolute Gasteiger partial charge is 0.252 e. The number of nitrogens with zero attached hydrogens (tertiary/aromatic N) is 3. The summed E-state index contributed by atoms with van der Waals surface area (Å²) in [6.07, 6.45) is 3.75. The first-order valence-corrected chi connectivity index (χ1v) is 9.23. The number of hydrogen-bond donors (Lipinski definition) is 1. The molecule has 0 saturated heterocycles. The fourth-order valence-corrected chi connectivity index (χ4v) is 3.51. The SMILES string of the molecule is CCCC(C)NC(=O)c1cc(-c2cccs2)nc2c1cnn2CC. The predicted molar refractivity (Wildman–Crippen MR) is 98.4 cm³/mol.